The number of benzene rings is 1. The van der Waals surface area contributed by atoms with E-state index >= 15 is 0 Å². The van der Waals surface area contributed by atoms with Crippen molar-refractivity contribution in [1.82, 2.24) is 10.3 Å². The predicted molar refractivity (Wildman–Crippen MR) is 126 cm³/mol. The molecule has 0 atom stereocenters. The number of oxime groups is 1. The van der Waals surface area contributed by atoms with E-state index in [-0.39, 0.29) is 27.9 Å². The molecule has 1 aliphatic rings. The highest BCUT2D eigenvalue weighted by Gasteiger charge is 2.51. The van der Waals surface area contributed by atoms with Crippen LogP contribution >= 0.6 is 15.9 Å². The summed E-state index contributed by atoms with van der Waals surface area (Å²) in [6.07, 6.45) is 0.712. The van der Waals surface area contributed by atoms with Crippen molar-refractivity contribution in [3.05, 3.63) is 34.2 Å². The molecule has 9 nitrogen and oxygen atoms in total. The second-order valence-electron chi connectivity index (χ2n) is 8.44. The summed E-state index contributed by atoms with van der Waals surface area (Å²) in [6, 6.07) is 3.94. The van der Waals surface area contributed by atoms with Gasteiger partial charge < -0.3 is 15.8 Å². The smallest absolute Gasteiger partial charge is 0.203 e. The Balaban J connectivity index is 1.83. The maximum atomic E-state index is 13.5. The van der Waals surface area contributed by atoms with Crippen LogP contribution in [0.3, 0.4) is 0 Å². The Morgan fingerprint density at radius 2 is 1.90 bits per heavy atom. The molecule has 30 heavy (non-hydrogen) atoms. The molecule has 3 N–H and O–H groups in total. The standard InChI is InChI=1S/C14H19B4BrFN5O4S/c15-13(16)4-7(5-14(17,18)30(13,27)28)22-12-10(24-29-25-12)11(23-26)21-6-1-2-9(20)8(19)3-6/h1-3,7,26H,4-5,15-18H2,(H,21,23)(H,22,25). The summed E-state index contributed by atoms with van der Waals surface area (Å²) in [5, 5.41) is 26.3. The minimum atomic E-state index is -3.34. The van der Waals surface area contributed by atoms with Gasteiger partial charge in [0.2, 0.25) is 11.7 Å². The van der Waals surface area contributed by atoms with Gasteiger partial charge in [-0.2, -0.15) is 0 Å². The average Bonchev–Trinajstić information content (AvgIpc) is 3.08. The molecule has 16 heteroatoms. The largest absolute Gasteiger partial charge is 0.409 e. The van der Waals surface area contributed by atoms with E-state index < -0.39 is 24.7 Å². The predicted octanol–water partition coefficient (Wildman–Crippen LogP) is -1.95. The molecule has 2 aromatic rings. The first-order valence-corrected chi connectivity index (χ1v) is 11.4. The van der Waals surface area contributed by atoms with Gasteiger partial charge in [0.05, 0.1) is 4.47 Å². The van der Waals surface area contributed by atoms with E-state index in [4.69, 9.17) is 4.63 Å². The first kappa shape index (κ1) is 22.7. The van der Waals surface area contributed by atoms with Crippen LogP contribution in [0.15, 0.2) is 32.5 Å². The number of hydrogen-bond donors (Lipinski definition) is 3. The Kier molecular flexibility index (Phi) is 6.02. The summed E-state index contributed by atoms with van der Waals surface area (Å²) in [6.45, 7) is 0. The zero-order chi connectivity index (χ0) is 22.3. The molecule has 0 saturated carbocycles. The topological polar surface area (TPSA) is 130 Å². The van der Waals surface area contributed by atoms with Gasteiger partial charge in [0.15, 0.2) is 5.69 Å². The Morgan fingerprint density at radius 1 is 1.27 bits per heavy atom. The monoisotopic (exact) mass is 495 g/mol. The molecule has 0 aliphatic carbocycles. The number of nitrogens with one attached hydrogen (secondary N) is 2. The van der Waals surface area contributed by atoms with E-state index in [1.54, 1.807) is 31.4 Å². The second-order valence-corrected chi connectivity index (χ2v) is 12.5. The fourth-order valence-electron chi connectivity index (χ4n) is 3.80. The molecule has 0 bridgehead atoms. The lowest BCUT2D eigenvalue weighted by molar-refractivity contribution is 0.304. The Bertz CT molecular complexity index is 1070. The lowest BCUT2D eigenvalue weighted by atomic mass is 9.60. The zero-order valence-corrected chi connectivity index (χ0v) is 19.3. The van der Waals surface area contributed by atoms with Crippen LogP contribution in [0.5, 0.6) is 0 Å². The molecule has 2 heterocycles. The number of amidine groups is 1. The SMILES string of the molecule is BC1(B)CC(Nc2nonc2/C(=N/O)Nc2ccc(F)c(Br)c2)CC(B)(B)S1(=O)=O. The van der Waals surface area contributed by atoms with Crippen LogP contribution < -0.4 is 10.6 Å². The molecule has 0 amide bonds. The van der Waals surface area contributed by atoms with E-state index in [1.165, 1.54) is 18.2 Å². The lowest BCUT2D eigenvalue weighted by Gasteiger charge is -2.45. The van der Waals surface area contributed by atoms with Crippen molar-refractivity contribution in [3.63, 3.8) is 0 Å². The number of aromatic nitrogens is 2. The normalized spacial score (nSPS) is 20.5. The van der Waals surface area contributed by atoms with Gasteiger partial charge in [0.1, 0.15) is 47.0 Å². The highest BCUT2D eigenvalue weighted by atomic mass is 79.9. The van der Waals surface area contributed by atoms with Crippen molar-refractivity contribution in [1.29, 1.82) is 0 Å². The summed E-state index contributed by atoms with van der Waals surface area (Å²) < 4.78 is 42.3. The van der Waals surface area contributed by atoms with Crippen LogP contribution in [-0.4, -0.2) is 76.3 Å². The molecular weight excluding hydrogens is 476 g/mol. The van der Waals surface area contributed by atoms with E-state index in [0.717, 1.165) is 0 Å². The fourth-order valence-corrected chi connectivity index (χ4v) is 6.52. The van der Waals surface area contributed by atoms with Gasteiger partial charge in [-0.05, 0) is 57.3 Å². The summed E-state index contributed by atoms with van der Waals surface area (Å²) >= 11 is 3.09. The molecule has 1 aromatic carbocycles. The third-order valence-corrected chi connectivity index (χ3v) is 9.12. The van der Waals surface area contributed by atoms with Crippen molar-refractivity contribution in [2.75, 3.05) is 10.6 Å². The van der Waals surface area contributed by atoms with Crippen LogP contribution in [0.1, 0.15) is 18.5 Å². The van der Waals surface area contributed by atoms with Crippen LogP contribution in [0.4, 0.5) is 15.9 Å². The average molecular weight is 496 g/mol. The van der Waals surface area contributed by atoms with Crippen LogP contribution in [0, 0.1) is 5.82 Å². The number of sulfone groups is 1. The number of halogens is 2. The van der Waals surface area contributed by atoms with E-state index in [0.29, 0.717) is 18.5 Å². The number of anilines is 2. The molecular formula is C14H19B4BrFN5O4S. The summed E-state index contributed by atoms with van der Waals surface area (Å²) in [5.41, 5.74) is 0.540. The van der Waals surface area contributed by atoms with Gasteiger partial charge in [-0.15, -0.1) is 0 Å². The molecule has 1 aromatic heterocycles. The van der Waals surface area contributed by atoms with Gasteiger partial charge >= 0.3 is 0 Å². The third-order valence-electron chi connectivity index (χ3n) is 5.27. The van der Waals surface area contributed by atoms with Crippen molar-refractivity contribution in [3.8, 4) is 0 Å². The van der Waals surface area contributed by atoms with Crippen molar-refractivity contribution >= 4 is 74.5 Å². The Labute approximate surface area is 185 Å². The van der Waals surface area contributed by atoms with Crippen LogP contribution in [0.2, 0.25) is 0 Å². The maximum absolute atomic E-state index is 13.5. The quantitative estimate of drug-likeness (QED) is 0.147. The van der Waals surface area contributed by atoms with Gasteiger partial charge in [0.25, 0.3) is 0 Å². The van der Waals surface area contributed by atoms with Gasteiger partial charge in [0, 0.05) is 20.8 Å². The van der Waals surface area contributed by atoms with Crippen molar-refractivity contribution in [2.24, 2.45) is 5.16 Å². The number of hydrogen-bond acceptors (Lipinski definition) is 8. The Morgan fingerprint density at radius 3 is 2.47 bits per heavy atom. The fraction of sp³-hybridized carbons (Fsp3) is 0.357. The highest BCUT2D eigenvalue weighted by Crippen LogP contribution is 2.36. The summed E-state index contributed by atoms with van der Waals surface area (Å²) in [7, 11) is 3.47. The Hall–Kier alpha value is -1.95. The molecule has 156 valence electrons. The van der Waals surface area contributed by atoms with Crippen LogP contribution in [-0.2, 0) is 9.84 Å². The minimum Gasteiger partial charge on any atom is -0.409 e. The highest BCUT2D eigenvalue weighted by molar-refractivity contribution is 9.10. The lowest BCUT2D eigenvalue weighted by Crippen LogP contribution is -2.62. The van der Waals surface area contributed by atoms with Gasteiger partial charge in [-0.1, -0.05) is 5.16 Å². The molecule has 0 radical (unpaired) electrons. The first-order valence-electron chi connectivity index (χ1n) is 9.16. The molecule has 3 rings (SSSR count). The third kappa shape index (κ3) is 4.11. The molecule has 1 saturated heterocycles. The van der Waals surface area contributed by atoms with E-state index in [1.807, 2.05) is 0 Å². The van der Waals surface area contributed by atoms with Crippen molar-refractivity contribution in [2.45, 2.75) is 28.0 Å². The van der Waals surface area contributed by atoms with E-state index in [9.17, 15) is 18.0 Å². The first-order chi connectivity index (χ1) is 13.9. The van der Waals surface area contributed by atoms with Crippen LogP contribution in [0.25, 0.3) is 0 Å². The number of rotatable bonds is 4. The maximum Gasteiger partial charge on any atom is 0.203 e. The number of nitrogens with zero attached hydrogens (tertiary/aromatic N) is 3. The molecule has 0 spiro atoms. The minimum absolute atomic E-state index is 0.0702. The summed E-state index contributed by atoms with van der Waals surface area (Å²) in [5.74, 6) is -0.308. The molecule has 1 fully saturated rings. The van der Waals surface area contributed by atoms with E-state index in [2.05, 4.69) is 42.0 Å². The van der Waals surface area contributed by atoms with Gasteiger partial charge in [-0.25, -0.2) is 17.4 Å². The zero-order valence-electron chi connectivity index (χ0n) is 16.9. The molecule has 0 unspecified atom stereocenters. The summed E-state index contributed by atoms with van der Waals surface area (Å²) in [4.78, 5) is 0. The second kappa shape index (κ2) is 7.95. The molecule has 1 aliphatic heterocycles. The van der Waals surface area contributed by atoms with Gasteiger partial charge in [-0.3, -0.25) is 0 Å². The van der Waals surface area contributed by atoms with Crippen molar-refractivity contribution < 1.29 is 22.6 Å².